The minimum atomic E-state index is 0.116. The third kappa shape index (κ3) is 3.47. The molecule has 0 heterocycles. The Kier molecular flexibility index (Phi) is 5.05. The van der Waals surface area contributed by atoms with E-state index >= 15 is 0 Å². The summed E-state index contributed by atoms with van der Waals surface area (Å²) in [5, 5.41) is 3.81. The van der Waals surface area contributed by atoms with Crippen LogP contribution in [0.4, 0.5) is 0 Å². The summed E-state index contributed by atoms with van der Waals surface area (Å²) in [5.74, 6) is 0.116. The Morgan fingerprint density at radius 3 is 2.40 bits per heavy atom. The molecule has 1 saturated carbocycles. The number of hydrogen-bond donors (Lipinski definition) is 1. The molecule has 0 unspecified atom stereocenters. The molecule has 88 valence electrons. The molecule has 1 aliphatic carbocycles. The summed E-state index contributed by atoms with van der Waals surface area (Å²) in [6.45, 7) is 0.432. The zero-order valence-electron chi connectivity index (χ0n) is 9.91. The highest BCUT2D eigenvalue weighted by molar-refractivity contribution is 5.75. The maximum Gasteiger partial charge on any atom is 0.237 e. The maximum absolute atomic E-state index is 11.6. The van der Waals surface area contributed by atoms with Crippen molar-refractivity contribution in [1.82, 2.24) is 10.0 Å². The van der Waals surface area contributed by atoms with Crippen molar-refractivity contribution in [3.05, 3.63) is 0 Å². The van der Waals surface area contributed by atoms with E-state index in [1.54, 1.807) is 5.01 Å². The van der Waals surface area contributed by atoms with Crippen LogP contribution in [-0.4, -0.2) is 42.6 Å². The van der Waals surface area contributed by atoms with Crippen LogP contribution in [0.3, 0.4) is 0 Å². The molecule has 1 fully saturated rings. The van der Waals surface area contributed by atoms with Crippen molar-refractivity contribution in [2.24, 2.45) is 5.73 Å². The van der Waals surface area contributed by atoms with Gasteiger partial charge in [-0.25, -0.2) is 5.01 Å². The number of nitrogens with two attached hydrogens (primary N) is 1. The molecule has 0 radical (unpaired) electrons. The highest BCUT2D eigenvalue weighted by Crippen LogP contribution is 2.22. The third-order valence-corrected chi connectivity index (χ3v) is 3.30. The zero-order chi connectivity index (χ0) is 11.3. The van der Waals surface area contributed by atoms with Gasteiger partial charge < -0.3 is 5.73 Å². The predicted octanol–water partition coefficient (Wildman–Crippen LogP) is 0.973. The van der Waals surface area contributed by atoms with Crippen LogP contribution in [0, 0.1) is 0 Å². The summed E-state index contributed by atoms with van der Waals surface area (Å²) < 4.78 is 0. The molecule has 0 spiro atoms. The first-order valence-electron chi connectivity index (χ1n) is 5.86. The zero-order valence-corrected chi connectivity index (χ0v) is 9.91. The summed E-state index contributed by atoms with van der Waals surface area (Å²) >= 11 is 0. The second-order valence-corrected chi connectivity index (χ2v) is 4.32. The summed E-state index contributed by atoms with van der Waals surface area (Å²) in [6.07, 6.45) is 6.76. The van der Waals surface area contributed by atoms with Gasteiger partial charge >= 0.3 is 0 Å². The molecule has 0 saturated heterocycles. The molecule has 15 heavy (non-hydrogen) atoms. The van der Waals surface area contributed by atoms with E-state index < -0.39 is 0 Å². The van der Waals surface area contributed by atoms with Crippen LogP contribution < -0.4 is 5.73 Å². The van der Waals surface area contributed by atoms with Crippen molar-refractivity contribution in [3.8, 4) is 0 Å². The Labute approximate surface area is 92.4 Å². The fourth-order valence-electron chi connectivity index (χ4n) is 2.16. The van der Waals surface area contributed by atoms with E-state index in [9.17, 15) is 4.79 Å². The Balaban J connectivity index is 2.43. The van der Waals surface area contributed by atoms with Crippen LogP contribution in [0.5, 0.6) is 0 Å². The Morgan fingerprint density at radius 2 is 1.87 bits per heavy atom. The molecule has 0 aromatic carbocycles. The van der Waals surface area contributed by atoms with Gasteiger partial charge in [0, 0.05) is 33.1 Å². The highest BCUT2D eigenvalue weighted by atomic mass is 16.2. The van der Waals surface area contributed by atoms with E-state index in [0.29, 0.717) is 19.0 Å². The maximum atomic E-state index is 11.6. The largest absolute Gasteiger partial charge is 0.330 e. The first-order chi connectivity index (χ1) is 7.16. The van der Waals surface area contributed by atoms with E-state index in [2.05, 4.69) is 5.01 Å². The lowest BCUT2D eigenvalue weighted by Crippen LogP contribution is -2.48. The van der Waals surface area contributed by atoms with Gasteiger partial charge in [-0.15, -0.1) is 0 Å². The van der Waals surface area contributed by atoms with Gasteiger partial charge in [0.1, 0.15) is 0 Å². The molecule has 4 heteroatoms. The molecule has 2 N–H and O–H groups in total. The van der Waals surface area contributed by atoms with Crippen molar-refractivity contribution in [3.63, 3.8) is 0 Å². The average Bonchev–Trinajstić information content (AvgIpc) is 2.28. The Bertz CT molecular complexity index is 202. The molecule has 1 rings (SSSR count). The number of hydrogen-bond acceptors (Lipinski definition) is 3. The van der Waals surface area contributed by atoms with Crippen molar-refractivity contribution >= 4 is 5.91 Å². The molecule has 0 aromatic heterocycles. The van der Waals surface area contributed by atoms with Crippen LogP contribution in [0.1, 0.15) is 38.5 Å². The molecule has 0 aromatic rings. The summed E-state index contributed by atoms with van der Waals surface area (Å²) in [4.78, 5) is 11.6. The van der Waals surface area contributed by atoms with Crippen molar-refractivity contribution in [1.29, 1.82) is 0 Å². The molecule has 0 aliphatic heterocycles. The lowest BCUT2D eigenvalue weighted by atomic mass is 9.95. The monoisotopic (exact) mass is 213 g/mol. The predicted molar refractivity (Wildman–Crippen MR) is 61.1 cm³/mol. The van der Waals surface area contributed by atoms with Crippen LogP contribution in [0.2, 0.25) is 0 Å². The minimum absolute atomic E-state index is 0.116. The van der Waals surface area contributed by atoms with Gasteiger partial charge in [-0.05, 0) is 12.8 Å². The number of nitrogens with zero attached hydrogens (tertiary/aromatic N) is 2. The van der Waals surface area contributed by atoms with Crippen LogP contribution in [0.25, 0.3) is 0 Å². The van der Waals surface area contributed by atoms with Gasteiger partial charge in [-0.3, -0.25) is 9.80 Å². The van der Waals surface area contributed by atoms with Crippen LogP contribution >= 0.6 is 0 Å². The lowest BCUT2D eigenvalue weighted by molar-refractivity contribution is -0.147. The van der Waals surface area contributed by atoms with Crippen molar-refractivity contribution in [2.45, 2.75) is 44.6 Å². The van der Waals surface area contributed by atoms with Crippen LogP contribution in [-0.2, 0) is 4.79 Å². The molecular weight excluding hydrogens is 190 g/mol. The first-order valence-corrected chi connectivity index (χ1v) is 5.86. The first kappa shape index (κ1) is 12.5. The van der Waals surface area contributed by atoms with E-state index in [1.807, 2.05) is 14.1 Å². The number of carbonyl (C=O) groups excluding carboxylic acids is 1. The Hall–Kier alpha value is -0.610. The highest BCUT2D eigenvalue weighted by Gasteiger charge is 2.23. The second kappa shape index (κ2) is 6.08. The smallest absolute Gasteiger partial charge is 0.237 e. The third-order valence-electron chi connectivity index (χ3n) is 3.30. The number of carbonyl (C=O) groups is 1. The van der Waals surface area contributed by atoms with Gasteiger partial charge in [0.25, 0.3) is 0 Å². The Morgan fingerprint density at radius 1 is 1.27 bits per heavy atom. The molecule has 1 aliphatic rings. The van der Waals surface area contributed by atoms with Gasteiger partial charge in [0.2, 0.25) is 5.91 Å². The minimum Gasteiger partial charge on any atom is -0.330 e. The SMILES string of the molecule is CN(C(=O)CCN)N(C)C1CCCCC1. The van der Waals surface area contributed by atoms with E-state index in [-0.39, 0.29) is 5.91 Å². The quantitative estimate of drug-likeness (QED) is 0.708. The van der Waals surface area contributed by atoms with Crippen molar-refractivity contribution in [2.75, 3.05) is 20.6 Å². The molecule has 0 bridgehead atoms. The van der Waals surface area contributed by atoms with Gasteiger partial charge in [0.05, 0.1) is 0 Å². The summed E-state index contributed by atoms with van der Waals surface area (Å²) in [7, 11) is 3.84. The van der Waals surface area contributed by atoms with Crippen molar-refractivity contribution < 1.29 is 4.79 Å². The lowest BCUT2D eigenvalue weighted by Gasteiger charge is -2.37. The standard InChI is InChI=1S/C11H23N3O/c1-13(10-6-4-3-5-7-10)14(2)11(15)8-9-12/h10H,3-9,12H2,1-2H3. The van der Waals surface area contributed by atoms with E-state index in [1.165, 1.54) is 32.1 Å². The molecule has 1 amide bonds. The molecular formula is C11H23N3O. The van der Waals surface area contributed by atoms with Crippen LogP contribution in [0.15, 0.2) is 0 Å². The van der Waals surface area contributed by atoms with E-state index in [4.69, 9.17) is 5.73 Å². The summed E-state index contributed by atoms with van der Waals surface area (Å²) in [6, 6.07) is 0.533. The van der Waals surface area contributed by atoms with E-state index in [0.717, 1.165) is 0 Å². The van der Waals surface area contributed by atoms with Gasteiger partial charge in [-0.2, -0.15) is 0 Å². The number of rotatable bonds is 4. The fourth-order valence-corrected chi connectivity index (χ4v) is 2.16. The summed E-state index contributed by atoms with van der Waals surface area (Å²) in [5.41, 5.74) is 5.38. The normalized spacial score (nSPS) is 18.1. The second-order valence-electron chi connectivity index (χ2n) is 4.32. The number of amides is 1. The number of hydrazine groups is 1. The molecule has 0 atom stereocenters. The fraction of sp³-hybridized carbons (Fsp3) is 0.909. The topological polar surface area (TPSA) is 49.6 Å². The van der Waals surface area contributed by atoms with Gasteiger partial charge in [0.15, 0.2) is 0 Å². The van der Waals surface area contributed by atoms with Gasteiger partial charge in [-0.1, -0.05) is 19.3 Å². The average molecular weight is 213 g/mol. The molecule has 4 nitrogen and oxygen atoms in total.